The Morgan fingerprint density at radius 3 is 2.81 bits per heavy atom. The van der Waals surface area contributed by atoms with Gasteiger partial charge in [-0.15, -0.1) is 0 Å². The van der Waals surface area contributed by atoms with Crippen LogP contribution >= 0.6 is 0 Å². The van der Waals surface area contributed by atoms with Crippen molar-refractivity contribution >= 4 is 16.7 Å². The van der Waals surface area contributed by atoms with Crippen molar-refractivity contribution in [3.63, 3.8) is 0 Å². The molecule has 0 fully saturated rings. The van der Waals surface area contributed by atoms with Gasteiger partial charge in [-0.2, -0.15) is 0 Å². The lowest BCUT2D eigenvalue weighted by Crippen LogP contribution is -2.07. The number of H-pyrrole nitrogens is 1. The fraction of sp³-hybridized carbons (Fsp3) is 0.158. The molecular weight excluding hydrogens is 326 g/mol. The van der Waals surface area contributed by atoms with Crippen molar-refractivity contribution in [3.8, 4) is 11.3 Å². The number of imidazole rings is 1. The molecule has 4 aromatic heterocycles. The molecule has 5 heterocycles. The molecule has 0 saturated carbocycles. The van der Waals surface area contributed by atoms with Gasteiger partial charge in [0.2, 0.25) is 0 Å². The first-order chi connectivity index (χ1) is 12.6. The van der Waals surface area contributed by atoms with Crippen LogP contribution in [0.3, 0.4) is 0 Å². The second kappa shape index (κ2) is 5.34. The maximum atomic E-state index is 6.19. The molecule has 3 N–H and O–H groups in total. The largest absolute Gasteiger partial charge is 0.352 e. The molecule has 7 heteroatoms. The molecule has 0 amide bonds. The number of nitrogens with two attached hydrogens (primary N) is 1. The van der Waals surface area contributed by atoms with Gasteiger partial charge in [0.1, 0.15) is 12.0 Å². The van der Waals surface area contributed by atoms with Crippen molar-refractivity contribution in [3.05, 3.63) is 65.6 Å². The van der Waals surface area contributed by atoms with E-state index in [-0.39, 0.29) is 0 Å². The molecule has 26 heavy (non-hydrogen) atoms. The van der Waals surface area contributed by atoms with E-state index >= 15 is 0 Å². The number of hydrogen-bond donors (Lipinski definition) is 2. The zero-order valence-corrected chi connectivity index (χ0v) is 14.4. The summed E-state index contributed by atoms with van der Waals surface area (Å²) in [5.74, 6) is 0.952. The van der Waals surface area contributed by atoms with Gasteiger partial charge in [0.05, 0.1) is 40.0 Å². The summed E-state index contributed by atoms with van der Waals surface area (Å²) in [6.07, 6.45) is 5.01. The minimum absolute atomic E-state index is 0.457. The summed E-state index contributed by atoms with van der Waals surface area (Å²) in [6, 6.07) is 7.98. The number of aryl methyl sites for hydroxylation is 1. The number of fused-ring (bicyclic) bond motifs is 2. The van der Waals surface area contributed by atoms with Gasteiger partial charge in [-0.25, -0.2) is 4.98 Å². The summed E-state index contributed by atoms with van der Waals surface area (Å²) in [5, 5.41) is 0. The average Bonchev–Trinajstić information content (AvgIpc) is 3.31. The Bertz CT molecular complexity index is 1150. The predicted molar refractivity (Wildman–Crippen MR) is 99.8 cm³/mol. The first-order valence-corrected chi connectivity index (χ1v) is 8.38. The fourth-order valence-electron chi connectivity index (χ4n) is 3.38. The van der Waals surface area contributed by atoms with E-state index in [1.165, 1.54) is 0 Å². The standard InChI is InChI=1S/C19H17N7/c1-10-22-9-16(26(10)2)11-6-12-17(25-19(20)18(12)23-8-11)15-7-14-13(24-15)4-3-5-21-14/h3-9,19,24H,20H2,1-2H3/t19-/m1/s1. The summed E-state index contributed by atoms with van der Waals surface area (Å²) in [7, 11) is 2.00. The number of hydrogen-bond acceptors (Lipinski definition) is 5. The van der Waals surface area contributed by atoms with Crippen LogP contribution in [0.15, 0.2) is 47.8 Å². The van der Waals surface area contributed by atoms with E-state index in [0.717, 1.165) is 50.8 Å². The quantitative estimate of drug-likeness (QED) is 0.584. The SMILES string of the molecule is Cc1ncc(-c2cnc3c(c2)C(c2cc4ncccc4[nH]2)=N[C@H]3N)n1C. The van der Waals surface area contributed by atoms with Crippen LogP contribution in [0.1, 0.15) is 28.9 Å². The van der Waals surface area contributed by atoms with Crippen LogP contribution in [-0.2, 0) is 7.05 Å². The maximum Gasteiger partial charge on any atom is 0.141 e. The highest BCUT2D eigenvalue weighted by Gasteiger charge is 2.27. The zero-order chi connectivity index (χ0) is 17.8. The molecule has 1 atom stereocenters. The second-order valence-corrected chi connectivity index (χ2v) is 6.45. The zero-order valence-electron chi connectivity index (χ0n) is 14.4. The molecule has 128 valence electrons. The van der Waals surface area contributed by atoms with Crippen molar-refractivity contribution in [1.82, 2.24) is 24.5 Å². The minimum atomic E-state index is -0.457. The highest BCUT2D eigenvalue weighted by Crippen LogP contribution is 2.31. The lowest BCUT2D eigenvalue weighted by Gasteiger charge is -2.08. The Kier molecular flexibility index (Phi) is 3.07. The number of pyridine rings is 2. The van der Waals surface area contributed by atoms with Crippen molar-refractivity contribution in [2.45, 2.75) is 13.1 Å². The Hall–Kier alpha value is -3.32. The molecule has 4 aromatic rings. The number of nitrogens with zero attached hydrogens (tertiary/aromatic N) is 5. The minimum Gasteiger partial charge on any atom is -0.352 e. The lowest BCUT2D eigenvalue weighted by atomic mass is 10.0. The monoisotopic (exact) mass is 343 g/mol. The van der Waals surface area contributed by atoms with Gasteiger partial charge >= 0.3 is 0 Å². The molecule has 0 radical (unpaired) electrons. The predicted octanol–water partition coefficient (Wildman–Crippen LogP) is 2.48. The van der Waals surface area contributed by atoms with Crippen LogP contribution in [0.25, 0.3) is 22.3 Å². The molecule has 1 aliphatic rings. The first kappa shape index (κ1) is 15.0. The number of aliphatic imine (C=N–C) groups is 1. The number of rotatable bonds is 2. The van der Waals surface area contributed by atoms with Gasteiger partial charge in [0, 0.05) is 30.6 Å². The average molecular weight is 343 g/mol. The molecule has 0 aliphatic carbocycles. The van der Waals surface area contributed by atoms with Crippen molar-refractivity contribution in [2.24, 2.45) is 17.8 Å². The maximum absolute atomic E-state index is 6.19. The van der Waals surface area contributed by atoms with Crippen molar-refractivity contribution < 1.29 is 0 Å². The van der Waals surface area contributed by atoms with Gasteiger partial charge in [0.25, 0.3) is 0 Å². The highest BCUT2D eigenvalue weighted by molar-refractivity contribution is 6.16. The number of aromatic amines is 1. The summed E-state index contributed by atoms with van der Waals surface area (Å²) in [6.45, 7) is 1.98. The van der Waals surface area contributed by atoms with Crippen LogP contribution in [0, 0.1) is 6.92 Å². The Balaban J connectivity index is 1.66. The summed E-state index contributed by atoms with van der Waals surface area (Å²) >= 11 is 0. The Morgan fingerprint density at radius 2 is 2.04 bits per heavy atom. The Labute approximate surface area is 149 Å². The third kappa shape index (κ3) is 2.11. The summed E-state index contributed by atoms with van der Waals surface area (Å²) < 4.78 is 2.04. The third-order valence-corrected chi connectivity index (χ3v) is 4.88. The van der Waals surface area contributed by atoms with Crippen LogP contribution < -0.4 is 5.73 Å². The summed E-state index contributed by atoms with van der Waals surface area (Å²) in [4.78, 5) is 21.4. The van der Waals surface area contributed by atoms with E-state index in [9.17, 15) is 0 Å². The smallest absolute Gasteiger partial charge is 0.141 e. The van der Waals surface area contributed by atoms with Gasteiger partial charge in [0.15, 0.2) is 0 Å². The van der Waals surface area contributed by atoms with E-state index in [2.05, 4.69) is 31.0 Å². The van der Waals surface area contributed by atoms with Gasteiger partial charge in [-0.05, 0) is 31.2 Å². The van der Waals surface area contributed by atoms with Gasteiger partial charge in [-0.1, -0.05) is 0 Å². The van der Waals surface area contributed by atoms with E-state index in [4.69, 9.17) is 5.73 Å². The highest BCUT2D eigenvalue weighted by atomic mass is 15.1. The molecule has 5 rings (SSSR count). The topological polar surface area (TPSA) is 97.8 Å². The van der Waals surface area contributed by atoms with Crippen LogP contribution in [0.2, 0.25) is 0 Å². The molecule has 0 bridgehead atoms. The van der Waals surface area contributed by atoms with E-state index < -0.39 is 6.17 Å². The molecule has 7 nitrogen and oxygen atoms in total. The molecule has 0 spiro atoms. The van der Waals surface area contributed by atoms with Crippen LogP contribution in [-0.4, -0.2) is 30.2 Å². The number of nitrogens with one attached hydrogen (secondary N) is 1. The van der Waals surface area contributed by atoms with Gasteiger partial charge in [-0.3, -0.25) is 15.0 Å². The van der Waals surface area contributed by atoms with Gasteiger partial charge < -0.3 is 15.3 Å². The van der Waals surface area contributed by atoms with Crippen molar-refractivity contribution in [1.29, 1.82) is 0 Å². The second-order valence-electron chi connectivity index (χ2n) is 6.45. The molecular formula is C19H17N7. The first-order valence-electron chi connectivity index (χ1n) is 8.38. The van der Waals surface area contributed by atoms with Crippen molar-refractivity contribution in [2.75, 3.05) is 0 Å². The Morgan fingerprint density at radius 1 is 1.15 bits per heavy atom. The van der Waals surface area contributed by atoms with E-state index in [0.29, 0.717) is 0 Å². The summed E-state index contributed by atoms with van der Waals surface area (Å²) in [5.41, 5.74) is 13.5. The van der Waals surface area contributed by atoms with Crippen LogP contribution in [0.4, 0.5) is 0 Å². The fourth-order valence-corrected chi connectivity index (χ4v) is 3.38. The third-order valence-electron chi connectivity index (χ3n) is 4.88. The molecule has 0 unspecified atom stereocenters. The molecule has 0 saturated heterocycles. The normalized spacial score (nSPS) is 16.1. The molecule has 1 aliphatic heterocycles. The van der Waals surface area contributed by atoms with E-state index in [1.54, 1.807) is 6.20 Å². The number of aromatic nitrogens is 5. The molecule has 0 aromatic carbocycles. The lowest BCUT2D eigenvalue weighted by molar-refractivity contribution is 0.763. The van der Waals surface area contributed by atoms with E-state index in [1.807, 2.05) is 49.1 Å². The van der Waals surface area contributed by atoms with Crippen LogP contribution in [0.5, 0.6) is 0 Å².